The fraction of sp³-hybridized carbons (Fsp3) is 0.286. The molecule has 1 aliphatic rings. The van der Waals surface area contributed by atoms with Gasteiger partial charge in [0.1, 0.15) is 5.60 Å². The molecule has 39 heavy (non-hydrogen) atoms. The molecule has 0 radical (unpaired) electrons. The summed E-state index contributed by atoms with van der Waals surface area (Å²) >= 11 is 6.39. The van der Waals surface area contributed by atoms with Gasteiger partial charge in [-0.2, -0.15) is 13.2 Å². The van der Waals surface area contributed by atoms with E-state index in [1.54, 1.807) is 44.5 Å². The van der Waals surface area contributed by atoms with Gasteiger partial charge in [0, 0.05) is 23.5 Å². The van der Waals surface area contributed by atoms with E-state index < -0.39 is 29.5 Å². The molecule has 7 nitrogen and oxygen atoms in total. The average Bonchev–Trinajstić information content (AvgIpc) is 2.86. The van der Waals surface area contributed by atoms with Gasteiger partial charge in [-0.3, -0.25) is 16.1 Å². The first-order valence-corrected chi connectivity index (χ1v) is 12.5. The third-order valence-electron chi connectivity index (χ3n) is 6.22. The minimum atomic E-state index is -4.43. The predicted octanol–water partition coefficient (Wildman–Crippen LogP) is 7.44. The summed E-state index contributed by atoms with van der Waals surface area (Å²) < 4.78 is 44.6. The van der Waals surface area contributed by atoms with Gasteiger partial charge in [0.15, 0.2) is 5.84 Å². The first-order valence-electron chi connectivity index (χ1n) is 12.1. The van der Waals surface area contributed by atoms with E-state index in [4.69, 9.17) is 27.0 Å². The third kappa shape index (κ3) is 6.46. The second kappa shape index (κ2) is 10.8. The lowest BCUT2D eigenvalue weighted by Crippen LogP contribution is -2.39. The van der Waals surface area contributed by atoms with Crippen molar-refractivity contribution in [2.75, 3.05) is 11.4 Å². The number of hydroxylamine groups is 1. The van der Waals surface area contributed by atoms with Gasteiger partial charge in [0.05, 0.1) is 16.6 Å². The number of rotatable bonds is 4. The number of nitrogens with zero attached hydrogens (tertiary/aromatic N) is 1. The number of ether oxygens (including phenoxy) is 1. The molecule has 4 N–H and O–H groups in total. The van der Waals surface area contributed by atoms with E-state index in [2.05, 4.69) is 5.32 Å². The summed E-state index contributed by atoms with van der Waals surface area (Å²) in [6.45, 7) is 5.82. The van der Waals surface area contributed by atoms with Crippen molar-refractivity contribution in [1.82, 2.24) is 10.8 Å². The van der Waals surface area contributed by atoms with Crippen molar-refractivity contribution in [3.8, 4) is 11.1 Å². The fourth-order valence-electron chi connectivity index (χ4n) is 4.45. The van der Waals surface area contributed by atoms with Crippen LogP contribution in [0.2, 0.25) is 5.02 Å². The number of alkyl carbamates (subject to hydrolysis) is 1. The van der Waals surface area contributed by atoms with E-state index in [9.17, 15) is 18.0 Å². The van der Waals surface area contributed by atoms with Crippen LogP contribution in [0.5, 0.6) is 0 Å². The van der Waals surface area contributed by atoms with Crippen LogP contribution in [0, 0.1) is 5.41 Å². The lowest BCUT2D eigenvalue weighted by molar-refractivity contribution is -0.137. The number of halogens is 4. The summed E-state index contributed by atoms with van der Waals surface area (Å²) in [4.78, 5) is 14.6. The quantitative estimate of drug-likeness (QED) is 0.151. The topological polar surface area (TPSA) is 97.7 Å². The molecule has 4 rings (SSSR count). The Kier molecular flexibility index (Phi) is 7.81. The number of amides is 1. The van der Waals surface area contributed by atoms with Gasteiger partial charge >= 0.3 is 12.3 Å². The molecule has 0 aliphatic carbocycles. The summed E-state index contributed by atoms with van der Waals surface area (Å²) in [6, 6.07) is 15.1. The Morgan fingerprint density at radius 3 is 2.31 bits per heavy atom. The smallest absolute Gasteiger partial charge is 0.416 e. The molecule has 1 amide bonds. The number of hydrogen-bond acceptors (Lipinski definition) is 5. The van der Waals surface area contributed by atoms with Crippen molar-refractivity contribution in [2.24, 2.45) is 0 Å². The highest BCUT2D eigenvalue weighted by molar-refractivity contribution is 6.34. The molecule has 1 unspecified atom stereocenters. The van der Waals surface area contributed by atoms with Crippen LogP contribution in [-0.4, -0.2) is 29.3 Å². The van der Waals surface area contributed by atoms with Gasteiger partial charge in [-0.1, -0.05) is 29.8 Å². The molecule has 0 saturated carbocycles. The highest BCUT2D eigenvalue weighted by atomic mass is 35.5. The highest BCUT2D eigenvalue weighted by Gasteiger charge is 2.31. The van der Waals surface area contributed by atoms with Crippen molar-refractivity contribution in [3.63, 3.8) is 0 Å². The Hall–Kier alpha value is -3.76. The zero-order valence-corrected chi connectivity index (χ0v) is 22.2. The van der Waals surface area contributed by atoms with Gasteiger partial charge in [0.2, 0.25) is 0 Å². The number of amidine groups is 1. The SMILES string of the molecule is CC(C)(C)OC(=O)NC1CCN(c2ccc(C(=N)NO)c(Cl)c2)c2ccc(-c3ccc(C(F)(F)F)cc3)cc21. The van der Waals surface area contributed by atoms with Crippen LogP contribution >= 0.6 is 11.6 Å². The normalized spacial score (nSPS) is 15.4. The van der Waals surface area contributed by atoms with E-state index in [-0.39, 0.29) is 10.9 Å². The summed E-state index contributed by atoms with van der Waals surface area (Å²) in [7, 11) is 0. The van der Waals surface area contributed by atoms with Crippen molar-refractivity contribution < 1.29 is 27.9 Å². The maximum atomic E-state index is 13.1. The minimum absolute atomic E-state index is 0.242. The van der Waals surface area contributed by atoms with Gasteiger partial charge in [-0.15, -0.1) is 0 Å². The molecule has 0 aromatic heterocycles. The van der Waals surface area contributed by atoms with Crippen LogP contribution in [0.3, 0.4) is 0 Å². The fourth-order valence-corrected chi connectivity index (χ4v) is 4.72. The number of fused-ring (bicyclic) bond motifs is 1. The lowest BCUT2D eigenvalue weighted by Gasteiger charge is -2.37. The molecule has 0 fully saturated rings. The van der Waals surface area contributed by atoms with Crippen LogP contribution in [0.15, 0.2) is 60.7 Å². The largest absolute Gasteiger partial charge is 0.444 e. The number of hydrogen-bond donors (Lipinski definition) is 4. The zero-order chi connectivity index (χ0) is 28.5. The van der Waals surface area contributed by atoms with E-state index in [1.807, 2.05) is 23.1 Å². The molecule has 206 valence electrons. The summed E-state index contributed by atoms with van der Waals surface area (Å²) in [6.07, 6.45) is -4.50. The molecule has 0 spiro atoms. The molecule has 3 aromatic rings. The molecule has 1 aliphatic heterocycles. The van der Waals surface area contributed by atoms with Crippen molar-refractivity contribution in [2.45, 2.75) is 45.0 Å². The van der Waals surface area contributed by atoms with Gasteiger partial charge in [-0.25, -0.2) is 4.79 Å². The first kappa shape index (κ1) is 28.3. The van der Waals surface area contributed by atoms with Crippen LogP contribution in [-0.2, 0) is 10.9 Å². The monoisotopic (exact) mass is 560 g/mol. The molecule has 0 bridgehead atoms. The average molecular weight is 561 g/mol. The zero-order valence-electron chi connectivity index (χ0n) is 21.5. The van der Waals surface area contributed by atoms with Crippen LogP contribution in [0.4, 0.5) is 29.3 Å². The second-order valence-electron chi connectivity index (χ2n) is 10.1. The summed E-state index contributed by atoms with van der Waals surface area (Å²) in [5.74, 6) is -0.242. The first-order chi connectivity index (χ1) is 18.3. The minimum Gasteiger partial charge on any atom is -0.444 e. The molecule has 11 heteroatoms. The molecule has 1 atom stereocenters. The molecule has 3 aromatic carbocycles. The second-order valence-corrected chi connectivity index (χ2v) is 10.5. The third-order valence-corrected chi connectivity index (χ3v) is 6.53. The standard InChI is InChI=1S/C28H28ClF3N4O3/c1-27(2,3)39-26(37)34-23-12-13-36(19-9-10-20(22(29)15-19)25(33)35-38)24-11-6-17(14-21(23)24)16-4-7-18(8-5-16)28(30,31)32/h4-11,14-15,23,38H,12-13H2,1-3H3,(H2,33,35)(H,34,37). The molecule has 0 saturated heterocycles. The van der Waals surface area contributed by atoms with E-state index >= 15 is 0 Å². The number of nitrogens with one attached hydrogen (secondary N) is 3. The summed E-state index contributed by atoms with van der Waals surface area (Å²) in [5.41, 5.74) is 4.24. The number of anilines is 2. The van der Waals surface area contributed by atoms with Gasteiger partial charge in [0.25, 0.3) is 0 Å². The summed E-state index contributed by atoms with van der Waals surface area (Å²) in [5, 5.41) is 20.0. The Morgan fingerprint density at radius 2 is 1.72 bits per heavy atom. The molecular weight excluding hydrogens is 533 g/mol. The Bertz CT molecular complexity index is 1390. The number of carbonyl (C=O) groups is 1. The Balaban J connectivity index is 1.73. The predicted molar refractivity (Wildman–Crippen MR) is 144 cm³/mol. The highest BCUT2D eigenvalue weighted by Crippen LogP contribution is 2.42. The lowest BCUT2D eigenvalue weighted by atomic mass is 9.92. The number of alkyl halides is 3. The van der Waals surface area contributed by atoms with E-state index in [1.165, 1.54) is 12.1 Å². The molecule has 1 heterocycles. The van der Waals surface area contributed by atoms with Gasteiger partial charge < -0.3 is 15.0 Å². The Labute approximate surface area is 229 Å². The van der Waals surface area contributed by atoms with E-state index in [0.717, 1.165) is 29.1 Å². The van der Waals surface area contributed by atoms with Crippen molar-refractivity contribution >= 4 is 34.9 Å². The van der Waals surface area contributed by atoms with Crippen LogP contribution in [0.1, 0.15) is 49.9 Å². The number of carbonyl (C=O) groups excluding carboxylic acids is 1. The number of benzene rings is 3. The van der Waals surface area contributed by atoms with Crippen LogP contribution < -0.4 is 15.7 Å². The van der Waals surface area contributed by atoms with E-state index in [0.29, 0.717) is 29.7 Å². The van der Waals surface area contributed by atoms with Crippen molar-refractivity contribution in [3.05, 3.63) is 82.4 Å². The maximum absolute atomic E-state index is 13.1. The van der Waals surface area contributed by atoms with Crippen LogP contribution in [0.25, 0.3) is 11.1 Å². The Morgan fingerprint density at radius 1 is 1.05 bits per heavy atom. The maximum Gasteiger partial charge on any atom is 0.416 e. The molecular formula is C28H28ClF3N4O3. The van der Waals surface area contributed by atoms with Gasteiger partial charge in [-0.05, 0) is 86.3 Å². The van der Waals surface area contributed by atoms with Crippen molar-refractivity contribution in [1.29, 1.82) is 5.41 Å².